The highest BCUT2D eigenvalue weighted by Gasteiger charge is 2.37. The third kappa shape index (κ3) is 3.04. The molecule has 0 heterocycles. The molecule has 0 unspecified atom stereocenters. The van der Waals surface area contributed by atoms with Crippen LogP contribution in [0.25, 0.3) is 44.2 Å². The Morgan fingerprint density at radius 2 is 0.684 bits per heavy atom. The smallest absolute Gasteiger partial charge is 0.000741 e. The van der Waals surface area contributed by atoms with Crippen LogP contribution in [0.1, 0.15) is 33.4 Å². The Bertz CT molecular complexity index is 1930. The van der Waals surface area contributed by atoms with Crippen LogP contribution in [0.15, 0.2) is 146 Å². The highest BCUT2D eigenvalue weighted by molar-refractivity contribution is 6.36. The van der Waals surface area contributed by atoms with E-state index in [0.717, 1.165) is 0 Å². The molecule has 8 rings (SSSR count). The van der Waals surface area contributed by atoms with Crippen LogP contribution in [0.5, 0.6) is 0 Å². The molecule has 0 N–H and O–H groups in total. The molecule has 0 aromatic heterocycles. The minimum Gasteiger partial charge on any atom is -0.0622 e. The van der Waals surface area contributed by atoms with E-state index in [1.807, 2.05) is 0 Å². The average molecular weight is 481 g/mol. The first-order valence-electron chi connectivity index (χ1n) is 13.2. The van der Waals surface area contributed by atoms with Gasteiger partial charge in [-0.1, -0.05) is 146 Å². The molecule has 0 saturated carbocycles. The van der Waals surface area contributed by atoms with Crippen LogP contribution in [-0.2, 0) is 0 Å². The highest BCUT2D eigenvalue weighted by Crippen LogP contribution is 2.58. The quantitative estimate of drug-likeness (QED) is 0.236. The van der Waals surface area contributed by atoms with Gasteiger partial charge in [-0.2, -0.15) is 0 Å². The summed E-state index contributed by atoms with van der Waals surface area (Å²) in [5.41, 5.74) is 15.7. The van der Waals surface area contributed by atoms with Crippen molar-refractivity contribution in [3.8, 4) is 11.1 Å². The highest BCUT2D eigenvalue weighted by atomic mass is 14.4. The van der Waals surface area contributed by atoms with E-state index < -0.39 is 0 Å². The Labute approximate surface area is 222 Å². The molecule has 176 valence electrons. The van der Waals surface area contributed by atoms with E-state index in [9.17, 15) is 0 Å². The fourth-order valence-electron chi connectivity index (χ4n) is 6.38. The van der Waals surface area contributed by atoms with E-state index >= 15 is 0 Å². The number of hydrogen-bond donors (Lipinski definition) is 0. The number of rotatable bonds is 3. The van der Waals surface area contributed by atoms with Crippen LogP contribution in [0.4, 0.5) is 0 Å². The molecule has 0 heteroatoms. The lowest BCUT2D eigenvalue weighted by Crippen LogP contribution is -1.93. The lowest BCUT2D eigenvalue weighted by molar-refractivity contribution is 1.52. The first kappa shape index (κ1) is 21.2. The second-order valence-electron chi connectivity index (χ2n) is 10.1. The monoisotopic (exact) mass is 480 g/mol. The van der Waals surface area contributed by atoms with Crippen molar-refractivity contribution >= 4 is 33.1 Å². The molecule has 0 nitrogen and oxygen atoms in total. The van der Waals surface area contributed by atoms with Gasteiger partial charge >= 0.3 is 0 Å². The van der Waals surface area contributed by atoms with Crippen LogP contribution < -0.4 is 0 Å². The molecule has 0 amide bonds. The summed E-state index contributed by atoms with van der Waals surface area (Å²) in [6.07, 6.45) is 0. The Morgan fingerprint density at radius 3 is 1.39 bits per heavy atom. The minimum atomic E-state index is 1.24. The molecule has 0 saturated heterocycles. The molecule has 0 aliphatic heterocycles. The maximum atomic E-state index is 2.30. The van der Waals surface area contributed by atoms with Gasteiger partial charge in [-0.15, -0.1) is 0 Å². The van der Waals surface area contributed by atoms with Gasteiger partial charge in [0, 0.05) is 0 Å². The first-order valence-corrected chi connectivity index (χ1v) is 13.2. The Kier molecular flexibility index (Phi) is 4.62. The molecule has 38 heavy (non-hydrogen) atoms. The van der Waals surface area contributed by atoms with Crippen molar-refractivity contribution in [2.75, 3.05) is 0 Å². The summed E-state index contributed by atoms with van der Waals surface area (Å²) >= 11 is 0. The van der Waals surface area contributed by atoms with E-state index in [1.54, 1.807) is 0 Å². The van der Waals surface area contributed by atoms with Crippen LogP contribution in [0, 0.1) is 0 Å². The molecular formula is C38H24. The fraction of sp³-hybridized carbons (Fsp3) is 0. The summed E-state index contributed by atoms with van der Waals surface area (Å²) in [5, 5.41) is 2.57. The summed E-state index contributed by atoms with van der Waals surface area (Å²) in [6, 6.07) is 53.0. The second-order valence-corrected chi connectivity index (χ2v) is 10.1. The van der Waals surface area contributed by atoms with Gasteiger partial charge in [0.15, 0.2) is 0 Å². The molecule has 6 aromatic carbocycles. The molecule has 0 atom stereocenters. The van der Waals surface area contributed by atoms with E-state index in [4.69, 9.17) is 0 Å². The van der Waals surface area contributed by atoms with Crippen molar-refractivity contribution in [3.63, 3.8) is 0 Å². The number of allylic oxidation sites excluding steroid dienone is 2. The van der Waals surface area contributed by atoms with Gasteiger partial charge in [0.25, 0.3) is 0 Å². The zero-order valence-electron chi connectivity index (χ0n) is 20.9. The molecule has 2 aliphatic rings. The van der Waals surface area contributed by atoms with E-state index in [-0.39, 0.29) is 0 Å². The molecule has 0 radical (unpaired) electrons. The third-order valence-corrected chi connectivity index (χ3v) is 8.02. The zero-order valence-corrected chi connectivity index (χ0v) is 20.9. The van der Waals surface area contributed by atoms with Gasteiger partial charge in [0.05, 0.1) is 0 Å². The second kappa shape index (κ2) is 8.30. The predicted octanol–water partition coefficient (Wildman–Crippen LogP) is 9.75. The SMILES string of the molecule is c1ccc(-c2ccc(C3=C4C(=C(c5cccc6ccccc56)c5ccccc54)c4ccccc43)cc2)cc1. The maximum Gasteiger partial charge on any atom is -0.000741 e. The van der Waals surface area contributed by atoms with Gasteiger partial charge < -0.3 is 0 Å². The molecule has 0 bridgehead atoms. The van der Waals surface area contributed by atoms with Crippen molar-refractivity contribution in [1.29, 1.82) is 0 Å². The van der Waals surface area contributed by atoms with E-state index in [1.165, 1.54) is 77.6 Å². The van der Waals surface area contributed by atoms with Crippen molar-refractivity contribution in [2.45, 2.75) is 0 Å². The lowest BCUT2D eigenvalue weighted by Gasteiger charge is -2.13. The molecular weight excluding hydrogens is 456 g/mol. The van der Waals surface area contributed by atoms with Crippen LogP contribution in [-0.4, -0.2) is 0 Å². The fourth-order valence-corrected chi connectivity index (χ4v) is 6.38. The summed E-state index contributed by atoms with van der Waals surface area (Å²) in [7, 11) is 0. The molecule has 0 spiro atoms. The first-order chi connectivity index (χ1) is 18.9. The molecule has 2 aliphatic carbocycles. The zero-order chi connectivity index (χ0) is 25.1. The summed E-state index contributed by atoms with van der Waals surface area (Å²) in [4.78, 5) is 0. The van der Waals surface area contributed by atoms with E-state index in [0.29, 0.717) is 0 Å². The largest absolute Gasteiger partial charge is 0.0622 e. The maximum absolute atomic E-state index is 2.30. The van der Waals surface area contributed by atoms with Gasteiger partial charge in [-0.05, 0) is 77.6 Å². The van der Waals surface area contributed by atoms with Gasteiger partial charge in [-0.25, -0.2) is 0 Å². The summed E-state index contributed by atoms with van der Waals surface area (Å²) < 4.78 is 0. The normalized spacial score (nSPS) is 13.6. The molecule has 0 fully saturated rings. The van der Waals surface area contributed by atoms with Gasteiger partial charge in [-0.3, -0.25) is 0 Å². The van der Waals surface area contributed by atoms with Crippen molar-refractivity contribution in [1.82, 2.24) is 0 Å². The van der Waals surface area contributed by atoms with Gasteiger partial charge in [0.2, 0.25) is 0 Å². The average Bonchev–Trinajstić information content (AvgIpc) is 3.50. The standard InChI is InChI=1S/C38H24/c1-2-11-25(12-3-1)26-21-23-28(24-22-26)35-31-16-6-8-18-33(31)38-36(32-17-7-9-19-34(32)37(35)38)30-20-10-14-27-13-4-5-15-29(27)30/h1-24H. The van der Waals surface area contributed by atoms with Crippen LogP contribution in [0.3, 0.4) is 0 Å². The number of benzene rings is 6. The Balaban J connectivity index is 1.43. The summed E-state index contributed by atoms with van der Waals surface area (Å²) in [6.45, 7) is 0. The van der Waals surface area contributed by atoms with E-state index in [2.05, 4.69) is 146 Å². The minimum absolute atomic E-state index is 1.24. The number of hydrogen-bond acceptors (Lipinski definition) is 0. The topological polar surface area (TPSA) is 0 Å². The Hall–Kier alpha value is -4.94. The predicted molar refractivity (Wildman–Crippen MR) is 161 cm³/mol. The van der Waals surface area contributed by atoms with Crippen molar-refractivity contribution in [2.24, 2.45) is 0 Å². The Morgan fingerprint density at radius 1 is 0.237 bits per heavy atom. The van der Waals surface area contributed by atoms with Gasteiger partial charge in [0.1, 0.15) is 0 Å². The van der Waals surface area contributed by atoms with Crippen LogP contribution >= 0.6 is 0 Å². The molecule has 6 aromatic rings. The lowest BCUT2D eigenvalue weighted by atomic mass is 9.90. The number of fused-ring (bicyclic) bond motifs is 6. The van der Waals surface area contributed by atoms with Crippen LogP contribution in [0.2, 0.25) is 0 Å². The van der Waals surface area contributed by atoms with Crippen molar-refractivity contribution < 1.29 is 0 Å². The third-order valence-electron chi connectivity index (χ3n) is 8.02. The van der Waals surface area contributed by atoms with Crippen molar-refractivity contribution in [3.05, 3.63) is 179 Å². The summed E-state index contributed by atoms with van der Waals surface area (Å²) in [5.74, 6) is 0.